The highest BCUT2D eigenvalue weighted by Gasteiger charge is 2.22. The summed E-state index contributed by atoms with van der Waals surface area (Å²) in [4.78, 5) is 13.8. The third-order valence-electron chi connectivity index (χ3n) is 2.63. The maximum atomic E-state index is 12.1. The molecule has 1 heterocycles. The van der Waals surface area contributed by atoms with Crippen LogP contribution >= 0.6 is 11.6 Å². The minimum absolute atomic E-state index is 0.0519. The predicted molar refractivity (Wildman–Crippen MR) is 70.2 cm³/mol. The molecule has 1 amide bonds. The summed E-state index contributed by atoms with van der Waals surface area (Å²) in [5.41, 5.74) is 7.81. The molecule has 1 aromatic carbocycles. The Morgan fingerprint density at radius 3 is 2.94 bits per heavy atom. The molecule has 0 fully saturated rings. The van der Waals surface area contributed by atoms with E-state index in [9.17, 15) is 4.79 Å². The maximum absolute atomic E-state index is 12.1. The van der Waals surface area contributed by atoms with Gasteiger partial charge in [0.15, 0.2) is 0 Å². The van der Waals surface area contributed by atoms with Gasteiger partial charge in [0.1, 0.15) is 0 Å². The number of amides is 1. The van der Waals surface area contributed by atoms with E-state index in [1.54, 1.807) is 30.2 Å². The standard InChI is InChI=1S/C12H14ClN3O/c1-8-7-15-10-3-2-9(13)6-11(10)16(5-4-14)12(8)17/h2-3,6-7,15H,4-5,14H2,1H3. The molecule has 0 bridgehead atoms. The third-order valence-corrected chi connectivity index (χ3v) is 2.87. The lowest BCUT2D eigenvalue weighted by atomic mass is 10.2. The molecule has 4 nitrogen and oxygen atoms in total. The van der Waals surface area contributed by atoms with Crippen molar-refractivity contribution in [1.82, 2.24) is 0 Å². The number of fused-ring (bicyclic) bond motifs is 1. The number of anilines is 2. The first kappa shape index (κ1) is 12.0. The summed E-state index contributed by atoms with van der Waals surface area (Å²) in [7, 11) is 0. The van der Waals surface area contributed by atoms with Crippen molar-refractivity contribution in [1.29, 1.82) is 0 Å². The molecule has 0 radical (unpaired) electrons. The van der Waals surface area contributed by atoms with Crippen LogP contribution in [0.25, 0.3) is 0 Å². The first-order valence-electron chi connectivity index (χ1n) is 5.38. The van der Waals surface area contributed by atoms with Crippen molar-refractivity contribution in [3.05, 3.63) is 35.0 Å². The molecule has 1 aliphatic rings. The second kappa shape index (κ2) is 4.77. The van der Waals surface area contributed by atoms with Crippen LogP contribution in [-0.4, -0.2) is 19.0 Å². The lowest BCUT2D eigenvalue weighted by Gasteiger charge is -2.22. The monoisotopic (exact) mass is 251 g/mol. The van der Waals surface area contributed by atoms with E-state index in [1.807, 2.05) is 6.07 Å². The first-order valence-corrected chi connectivity index (χ1v) is 5.76. The molecule has 0 unspecified atom stereocenters. The van der Waals surface area contributed by atoms with Gasteiger partial charge < -0.3 is 16.0 Å². The molecule has 3 N–H and O–H groups in total. The summed E-state index contributed by atoms with van der Waals surface area (Å²) >= 11 is 5.97. The van der Waals surface area contributed by atoms with Gasteiger partial charge in [-0.15, -0.1) is 0 Å². The Bertz CT molecular complexity index is 485. The fraction of sp³-hybridized carbons (Fsp3) is 0.250. The van der Waals surface area contributed by atoms with Crippen molar-refractivity contribution in [2.75, 3.05) is 23.3 Å². The Hall–Kier alpha value is -1.52. The highest BCUT2D eigenvalue weighted by atomic mass is 35.5. The molecular formula is C12H14ClN3O. The van der Waals surface area contributed by atoms with Crippen LogP contribution in [0.3, 0.4) is 0 Å². The SMILES string of the molecule is CC1=CNc2ccc(Cl)cc2N(CCN)C1=O. The summed E-state index contributed by atoms with van der Waals surface area (Å²) < 4.78 is 0. The second-order valence-corrected chi connectivity index (χ2v) is 4.32. The van der Waals surface area contributed by atoms with E-state index in [1.165, 1.54) is 0 Å². The maximum Gasteiger partial charge on any atom is 0.255 e. The van der Waals surface area contributed by atoms with Crippen LogP contribution in [0.4, 0.5) is 11.4 Å². The smallest absolute Gasteiger partial charge is 0.255 e. The minimum Gasteiger partial charge on any atom is -0.360 e. The Morgan fingerprint density at radius 1 is 1.47 bits per heavy atom. The average Bonchev–Trinajstić information content (AvgIpc) is 2.42. The zero-order chi connectivity index (χ0) is 12.4. The molecule has 2 rings (SSSR count). The quantitative estimate of drug-likeness (QED) is 0.845. The fourth-order valence-electron chi connectivity index (χ4n) is 1.77. The molecule has 1 aromatic rings. The number of nitrogens with two attached hydrogens (primary N) is 1. The number of carbonyl (C=O) groups is 1. The molecule has 90 valence electrons. The molecule has 1 aliphatic heterocycles. The molecule has 17 heavy (non-hydrogen) atoms. The lowest BCUT2D eigenvalue weighted by Crippen LogP contribution is -2.35. The summed E-state index contributed by atoms with van der Waals surface area (Å²) in [5.74, 6) is -0.0519. The molecule has 0 spiro atoms. The van der Waals surface area contributed by atoms with Gasteiger partial charge >= 0.3 is 0 Å². The van der Waals surface area contributed by atoms with Crippen LogP contribution in [0.5, 0.6) is 0 Å². The molecule has 0 saturated carbocycles. The van der Waals surface area contributed by atoms with Gasteiger partial charge in [0.05, 0.1) is 11.4 Å². The van der Waals surface area contributed by atoms with Crippen molar-refractivity contribution in [2.24, 2.45) is 5.73 Å². The van der Waals surface area contributed by atoms with E-state index in [4.69, 9.17) is 17.3 Å². The molecule has 0 atom stereocenters. The number of benzene rings is 1. The van der Waals surface area contributed by atoms with Crippen molar-refractivity contribution in [2.45, 2.75) is 6.92 Å². The van der Waals surface area contributed by atoms with E-state index in [-0.39, 0.29) is 5.91 Å². The van der Waals surface area contributed by atoms with Gasteiger partial charge in [-0.25, -0.2) is 0 Å². The van der Waals surface area contributed by atoms with E-state index >= 15 is 0 Å². The molecular weight excluding hydrogens is 238 g/mol. The first-order chi connectivity index (χ1) is 8.13. The van der Waals surface area contributed by atoms with Crippen molar-refractivity contribution in [3.63, 3.8) is 0 Å². The predicted octanol–water partition coefficient (Wildman–Crippen LogP) is 1.96. The number of nitrogens with one attached hydrogen (secondary N) is 1. The van der Waals surface area contributed by atoms with E-state index in [2.05, 4.69) is 5.32 Å². The van der Waals surface area contributed by atoms with E-state index < -0.39 is 0 Å². The van der Waals surface area contributed by atoms with Gasteiger partial charge in [0.25, 0.3) is 5.91 Å². The van der Waals surface area contributed by atoms with Gasteiger partial charge in [0.2, 0.25) is 0 Å². The Kier molecular flexibility index (Phi) is 3.36. The summed E-state index contributed by atoms with van der Waals surface area (Å²) in [5, 5.41) is 3.69. The zero-order valence-corrected chi connectivity index (χ0v) is 10.3. The number of halogens is 1. The minimum atomic E-state index is -0.0519. The van der Waals surface area contributed by atoms with Crippen molar-refractivity contribution in [3.8, 4) is 0 Å². The normalized spacial score (nSPS) is 14.9. The average molecular weight is 252 g/mol. The molecule has 0 saturated heterocycles. The van der Waals surface area contributed by atoms with Gasteiger partial charge in [-0.1, -0.05) is 11.6 Å². The van der Waals surface area contributed by atoms with Crippen molar-refractivity contribution >= 4 is 28.9 Å². The van der Waals surface area contributed by atoms with Gasteiger partial charge in [-0.3, -0.25) is 4.79 Å². The Balaban J connectivity index is 2.51. The summed E-state index contributed by atoms with van der Waals surface area (Å²) in [6.07, 6.45) is 1.70. The van der Waals surface area contributed by atoms with Crippen LogP contribution in [-0.2, 0) is 4.79 Å². The Morgan fingerprint density at radius 2 is 2.24 bits per heavy atom. The molecule has 5 heteroatoms. The van der Waals surface area contributed by atoms with Crippen LogP contribution in [0, 0.1) is 0 Å². The van der Waals surface area contributed by atoms with E-state index in [0.29, 0.717) is 23.7 Å². The van der Waals surface area contributed by atoms with Crippen molar-refractivity contribution < 1.29 is 4.79 Å². The van der Waals surface area contributed by atoms with Crippen LogP contribution < -0.4 is 16.0 Å². The van der Waals surface area contributed by atoms with Crippen LogP contribution in [0.15, 0.2) is 30.0 Å². The summed E-state index contributed by atoms with van der Waals surface area (Å²) in [6.45, 7) is 2.65. The second-order valence-electron chi connectivity index (χ2n) is 3.88. The summed E-state index contributed by atoms with van der Waals surface area (Å²) in [6, 6.07) is 5.40. The van der Waals surface area contributed by atoms with Crippen LogP contribution in [0.2, 0.25) is 5.02 Å². The molecule has 0 aliphatic carbocycles. The van der Waals surface area contributed by atoms with Gasteiger partial charge in [-0.2, -0.15) is 0 Å². The lowest BCUT2D eigenvalue weighted by molar-refractivity contribution is -0.115. The highest BCUT2D eigenvalue weighted by Crippen LogP contribution is 2.32. The van der Waals surface area contributed by atoms with Crippen LogP contribution in [0.1, 0.15) is 6.92 Å². The van der Waals surface area contributed by atoms with Gasteiger partial charge in [-0.05, 0) is 25.1 Å². The van der Waals surface area contributed by atoms with E-state index in [0.717, 1.165) is 11.4 Å². The topological polar surface area (TPSA) is 58.4 Å². The number of carbonyl (C=O) groups excluding carboxylic acids is 1. The number of hydrogen-bond donors (Lipinski definition) is 2. The van der Waals surface area contributed by atoms with Gasteiger partial charge in [0, 0.05) is 29.9 Å². The highest BCUT2D eigenvalue weighted by molar-refractivity contribution is 6.31. The number of rotatable bonds is 2. The number of nitrogens with zero attached hydrogens (tertiary/aromatic N) is 1. The number of hydrogen-bond acceptors (Lipinski definition) is 3. The molecule has 0 aromatic heterocycles. The Labute approximate surface area is 105 Å². The third kappa shape index (κ3) is 2.28. The zero-order valence-electron chi connectivity index (χ0n) is 9.53. The largest absolute Gasteiger partial charge is 0.360 e. The fourth-order valence-corrected chi connectivity index (χ4v) is 1.94.